The Morgan fingerprint density at radius 3 is 1.21 bits per heavy atom. The van der Waals surface area contributed by atoms with Crippen LogP contribution in [0.25, 0.3) is 0 Å². The fourth-order valence-corrected chi connectivity index (χ4v) is 13.0. The quantitative estimate of drug-likeness (QED) is 0.00454. The van der Waals surface area contributed by atoms with Crippen LogP contribution in [0.4, 0.5) is 22.0 Å². The number of carbonyl (C=O) groups excluding carboxylic acids is 5. The average molecular weight is 1750 g/mol. The van der Waals surface area contributed by atoms with Gasteiger partial charge in [-0.25, -0.2) is 24.9 Å². The van der Waals surface area contributed by atoms with Crippen molar-refractivity contribution in [2.45, 2.75) is 176 Å². The van der Waals surface area contributed by atoms with Gasteiger partial charge < -0.3 is 150 Å². The molecule has 2 aromatic rings. The molecule has 0 aliphatic carbocycles. The van der Waals surface area contributed by atoms with Gasteiger partial charge in [0.05, 0.1) is 201 Å². The van der Waals surface area contributed by atoms with Crippen LogP contribution in [0.3, 0.4) is 0 Å². The molecule has 3 aliphatic heterocycles. The molecule has 1 aromatic carbocycles. The number of hydrazine groups is 2. The number of aliphatic hydroxyl groups excluding tert-OH is 9. The van der Waals surface area contributed by atoms with Crippen LogP contribution < -0.4 is 49.2 Å². The van der Waals surface area contributed by atoms with E-state index in [4.69, 9.17) is 80.0 Å². The maximum atomic E-state index is 14.1. The molecule has 0 radical (unpaired) electrons. The highest BCUT2D eigenvalue weighted by molar-refractivity contribution is 5.80. The number of benzene rings is 1. The summed E-state index contributed by atoms with van der Waals surface area (Å²) in [5, 5.41) is 112. The zero-order valence-electron chi connectivity index (χ0n) is 68.5. The number of amides is 4. The summed E-state index contributed by atoms with van der Waals surface area (Å²) in [5.74, 6) is -5.33. The third kappa shape index (κ3) is 40.8. The van der Waals surface area contributed by atoms with Crippen LogP contribution in [0.5, 0.6) is 5.75 Å². The number of rotatable bonds is 66. The number of esters is 1. The number of hydrogen-bond acceptors (Lipinski definition) is 35. The third-order valence-corrected chi connectivity index (χ3v) is 19.9. The average Bonchev–Trinajstić information content (AvgIpc) is 1.16. The van der Waals surface area contributed by atoms with Crippen molar-refractivity contribution in [3.63, 3.8) is 0 Å². The van der Waals surface area contributed by atoms with Crippen molar-refractivity contribution in [2.75, 3.05) is 185 Å². The zero-order chi connectivity index (χ0) is 88.3. The first-order valence-electron chi connectivity index (χ1n) is 40.8. The number of aliphatic hydroxyl groups is 9. The molecule has 0 saturated carbocycles. The molecule has 694 valence electrons. The molecule has 12 atom stereocenters. The summed E-state index contributed by atoms with van der Waals surface area (Å²) in [6.45, 7) is 2.37. The van der Waals surface area contributed by atoms with Gasteiger partial charge >= 0.3 is 5.97 Å². The van der Waals surface area contributed by atoms with Gasteiger partial charge in [-0.2, -0.15) is 8.78 Å². The van der Waals surface area contributed by atoms with E-state index < -0.39 is 162 Å². The summed E-state index contributed by atoms with van der Waals surface area (Å²) in [7, 11) is 0. The summed E-state index contributed by atoms with van der Waals surface area (Å²) in [4.78, 5) is 67.1. The minimum absolute atomic E-state index is 0.00516. The molecule has 1 aromatic heterocycles. The molecule has 3 saturated heterocycles. The maximum absolute atomic E-state index is 14.1. The van der Waals surface area contributed by atoms with Crippen LogP contribution >= 0.6 is 0 Å². The van der Waals surface area contributed by atoms with Crippen molar-refractivity contribution in [1.29, 1.82) is 0 Å². The number of hydrogen-bond donors (Lipinski definition) is 17. The largest absolute Gasteiger partial charge is 0.420 e. The van der Waals surface area contributed by atoms with Gasteiger partial charge in [-0.3, -0.25) is 28.7 Å². The Balaban J connectivity index is 1.09. The number of unbranched alkanes of at least 4 members (excludes halogenated alkanes) is 7. The van der Waals surface area contributed by atoms with Crippen LogP contribution in [-0.4, -0.2) is 346 Å². The number of nitrogens with one attached hydrogen (secondary N) is 4. The molecule has 0 unspecified atom stereocenters. The summed E-state index contributed by atoms with van der Waals surface area (Å²) in [5.41, 5.74) is 11.9. The predicted octanol–water partition coefficient (Wildman–Crippen LogP) is -3.19. The first-order valence-corrected chi connectivity index (χ1v) is 40.8. The Labute approximate surface area is 699 Å². The molecule has 0 spiro atoms. The van der Waals surface area contributed by atoms with Gasteiger partial charge in [0.1, 0.15) is 42.3 Å². The first-order chi connectivity index (χ1) is 58.2. The van der Waals surface area contributed by atoms with E-state index >= 15 is 0 Å². The lowest BCUT2D eigenvalue weighted by atomic mass is 9.82. The SMILES string of the molecule is N/C(=C\N(N)C[C@@H]1CO[C@H](CO)[C@H](O)[C@@H]1O)COCCOCCOCCNC(=O)CCC(CCC(=O)NCCOCCOCCOC/C(N)=C/N(N)C[C@@H]1CO[C@H](CO)[C@H](O)[C@@H]1O)(CCC(=O)NCCOCCOCCOCc1cn(C[C@@H]2CO[C@H](CO)[C@H](O)[C@@H]2O)nn1)NC(=O)CCCCCCCCCCC(=O)Oc1c(F)c(F)c(F)c(F)c1F. The molecule has 5 rings (SSSR count). The highest BCUT2D eigenvalue weighted by atomic mass is 19.2. The molecule has 4 heterocycles. The molecule has 3 aliphatic rings. The fourth-order valence-electron chi connectivity index (χ4n) is 13.0. The number of nitrogens with two attached hydrogens (primary N) is 4. The van der Waals surface area contributed by atoms with Crippen LogP contribution in [0.15, 0.2) is 30.0 Å². The Bertz CT molecular complexity index is 3220. The van der Waals surface area contributed by atoms with E-state index in [0.29, 0.717) is 44.2 Å². The van der Waals surface area contributed by atoms with Gasteiger partial charge in [0.2, 0.25) is 58.5 Å². The van der Waals surface area contributed by atoms with Crippen molar-refractivity contribution in [2.24, 2.45) is 40.9 Å². The van der Waals surface area contributed by atoms with Crippen molar-refractivity contribution in [3.05, 3.63) is 64.8 Å². The second-order valence-corrected chi connectivity index (χ2v) is 29.5. The molecule has 40 nitrogen and oxygen atoms in total. The predicted molar refractivity (Wildman–Crippen MR) is 415 cm³/mol. The lowest BCUT2D eigenvalue weighted by Crippen LogP contribution is -2.54. The molecule has 21 N–H and O–H groups in total. The van der Waals surface area contributed by atoms with Gasteiger partial charge in [-0.05, 0) is 32.1 Å². The van der Waals surface area contributed by atoms with Gasteiger partial charge in [-0.15, -0.1) is 5.10 Å². The number of aromatic nitrogens is 3. The number of carbonyl (C=O) groups is 5. The van der Waals surface area contributed by atoms with Gasteiger partial charge in [0, 0.05) is 101 Å². The Morgan fingerprint density at radius 1 is 0.463 bits per heavy atom. The van der Waals surface area contributed by atoms with E-state index in [-0.39, 0.29) is 247 Å². The zero-order valence-corrected chi connectivity index (χ0v) is 68.5. The minimum atomic E-state index is -2.38. The smallest absolute Gasteiger partial charge is 0.311 e. The fraction of sp³-hybridized carbons (Fsp3) is 0.776. The van der Waals surface area contributed by atoms with E-state index in [2.05, 4.69) is 36.3 Å². The van der Waals surface area contributed by atoms with Crippen LogP contribution in [0.2, 0.25) is 0 Å². The summed E-state index contributed by atoms with van der Waals surface area (Å²) in [6, 6.07) is 0. The van der Waals surface area contributed by atoms with E-state index in [9.17, 15) is 91.9 Å². The second kappa shape index (κ2) is 59.9. The lowest BCUT2D eigenvalue weighted by Gasteiger charge is -2.38. The van der Waals surface area contributed by atoms with Gasteiger partial charge in [-0.1, -0.05) is 43.7 Å². The Hall–Kier alpha value is -6.88. The monoisotopic (exact) mass is 1750 g/mol. The second-order valence-electron chi connectivity index (χ2n) is 29.5. The third-order valence-electron chi connectivity index (χ3n) is 19.9. The molecule has 4 amide bonds. The normalized spacial score (nSPS) is 22.0. The highest BCUT2D eigenvalue weighted by Crippen LogP contribution is 2.31. The molecule has 121 heavy (non-hydrogen) atoms. The summed E-state index contributed by atoms with van der Waals surface area (Å²) >= 11 is 0. The lowest BCUT2D eigenvalue weighted by molar-refractivity contribution is -0.177. The van der Waals surface area contributed by atoms with E-state index in [1.807, 2.05) is 0 Å². The minimum Gasteiger partial charge on any atom is -0.420 e. The molecule has 0 bridgehead atoms. The Morgan fingerprint density at radius 2 is 0.810 bits per heavy atom. The molecular weight excluding hydrogens is 1620 g/mol. The number of ether oxygens (including phenoxy) is 13. The van der Waals surface area contributed by atoms with E-state index in [1.165, 1.54) is 27.1 Å². The van der Waals surface area contributed by atoms with Crippen molar-refractivity contribution >= 4 is 29.6 Å². The van der Waals surface area contributed by atoms with Crippen molar-refractivity contribution in [3.8, 4) is 5.75 Å². The number of nitrogens with zero attached hydrogens (tertiary/aromatic N) is 5. The van der Waals surface area contributed by atoms with Gasteiger partial charge in [0.25, 0.3) is 0 Å². The van der Waals surface area contributed by atoms with Crippen LogP contribution in [0.1, 0.15) is 108 Å². The molecule has 45 heteroatoms. The van der Waals surface area contributed by atoms with E-state index in [0.717, 1.165) is 6.42 Å². The molecular formula is C76H128F5N13O27. The van der Waals surface area contributed by atoms with Crippen LogP contribution in [0, 0.1) is 46.8 Å². The standard InChI is InChI=1S/C76H128F5N13O27/c77-64-65(78)67(80)75(68(81)66(64)79)121-63(102)10-8-6-4-2-1-3-5-7-9-62(101)89-76(14-11-59(98)86-17-20-109-23-26-112-29-32-115-47-53(82)38-92(84)35-50-44-118-56(41-95)72(106)69(50)103,15-12-60(99)87-18-21-110-24-27-113-30-33-116-48-54(83)39-93(85)36-51-45-119-57(42-96)73(107)70(51)104)16-13-61(100)88-19-22-111-25-28-114-31-34-117-49-55-40-94(91-90-55)37-52-46-120-58(43-97)74(108)71(52)105/h38-40,50-52,56-58,69-74,95-97,103-108H,1-37,41-49,82-85H2,(H,86,98)(H,87,99)(H,88,100)(H,89,101)/b53-38-,54-39-/t50-,51-,52-,56-,57-,58-,69-,70-,71-,72+,73+,74+/m1/s1. The van der Waals surface area contributed by atoms with Crippen molar-refractivity contribution < 1.29 is 153 Å². The topological polar surface area (TPSA) is 577 Å². The van der Waals surface area contributed by atoms with Gasteiger partial charge in [0.15, 0.2) is 0 Å². The Kier molecular flexibility index (Phi) is 51.8. The summed E-state index contributed by atoms with van der Waals surface area (Å²) < 4.78 is 142. The molecule has 3 fully saturated rings. The highest BCUT2D eigenvalue weighted by Gasteiger charge is 2.42. The summed E-state index contributed by atoms with van der Waals surface area (Å²) in [6.07, 6.45) is -1.62. The number of halogens is 5. The first kappa shape index (κ1) is 105. The van der Waals surface area contributed by atoms with E-state index in [1.54, 1.807) is 6.20 Å². The van der Waals surface area contributed by atoms with Crippen molar-refractivity contribution in [1.82, 2.24) is 46.3 Å². The maximum Gasteiger partial charge on any atom is 0.311 e. The van der Waals surface area contributed by atoms with Crippen LogP contribution in [-0.2, 0) is 94.0 Å².